The molecular formula is C16H27N3O3S. The standard InChI is InChI=1S/C16H27N3O3S/c1-4-19(14-7-8-14)23(20,21)16-12(2)17-18(13(16)3)10-9-15-6-5-11-22-15/h14-15H,4-11H2,1-3H3/t15-/m1/s1. The Labute approximate surface area is 138 Å². The zero-order chi connectivity index (χ0) is 16.6. The summed E-state index contributed by atoms with van der Waals surface area (Å²) in [6.07, 6.45) is 5.33. The van der Waals surface area contributed by atoms with Crippen molar-refractivity contribution in [1.82, 2.24) is 14.1 Å². The van der Waals surface area contributed by atoms with E-state index in [0.29, 0.717) is 23.7 Å². The molecule has 0 bridgehead atoms. The van der Waals surface area contributed by atoms with E-state index in [4.69, 9.17) is 4.74 Å². The second-order valence-electron chi connectivity index (χ2n) is 6.59. The van der Waals surface area contributed by atoms with Gasteiger partial charge >= 0.3 is 0 Å². The third kappa shape index (κ3) is 3.32. The summed E-state index contributed by atoms with van der Waals surface area (Å²) < 4.78 is 35.1. The SMILES string of the molecule is CCN(C1CC1)S(=O)(=O)c1c(C)nn(CC[C@H]2CCCO2)c1C. The maximum atomic E-state index is 13.0. The number of sulfonamides is 1. The van der Waals surface area contributed by atoms with E-state index < -0.39 is 10.0 Å². The van der Waals surface area contributed by atoms with Crippen molar-refractivity contribution in [3.05, 3.63) is 11.4 Å². The molecule has 0 N–H and O–H groups in total. The van der Waals surface area contributed by atoms with E-state index in [1.807, 2.05) is 18.5 Å². The average Bonchev–Trinajstić information content (AvgIpc) is 3.08. The van der Waals surface area contributed by atoms with Crippen LogP contribution in [-0.2, 0) is 21.3 Å². The fourth-order valence-electron chi connectivity index (χ4n) is 3.51. The number of hydrogen-bond donors (Lipinski definition) is 0. The van der Waals surface area contributed by atoms with Gasteiger partial charge in [0.15, 0.2) is 0 Å². The van der Waals surface area contributed by atoms with Gasteiger partial charge in [0.05, 0.1) is 17.5 Å². The predicted octanol–water partition coefficient (Wildman–Crippen LogP) is 2.24. The molecule has 1 atom stereocenters. The summed E-state index contributed by atoms with van der Waals surface area (Å²) in [5, 5.41) is 4.49. The van der Waals surface area contributed by atoms with Crippen LogP contribution in [0.3, 0.4) is 0 Å². The molecule has 1 saturated carbocycles. The van der Waals surface area contributed by atoms with Crippen molar-refractivity contribution < 1.29 is 13.2 Å². The molecule has 3 rings (SSSR count). The first-order valence-electron chi connectivity index (χ1n) is 8.62. The van der Waals surface area contributed by atoms with Gasteiger partial charge in [-0.25, -0.2) is 8.42 Å². The Kier molecular flexibility index (Phi) is 4.80. The van der Waals surface area contributed by atoms with Crippen LogP contribution in [0.1, 0.15) is 50.4 Å². The normalized spacial score (nSPS) is 22.2. The Bertz CT molecular complexity index is 658. The zero-order valence-electron chi connectivity index (χ0n) is 14.3. The van der Waals surface area contributed by atoms with Gasteiger partial charge in [-0.15, -0.1) is 0 Å². The number of nitrogens with zero attached hydrogens (tertiary/aromatic N) is 3. The van der Waals surface area contributed by atoms with Crippen LogP contribution in [0.5, 0.6) is 0 Å². The van der Waals surface area contributed by atoms with Crippen LogP contribution in [0, 0.1) is 13.8 Å². The van der Waals surface area contributed by atoms with Gasteiger partial charge in [0.25, 0.3) is 0 Å². The molecule has 1 aliphatic heterocycles. The molecule has 1 saturated heterocycles. The molecule has 0 aromatic carbocycles. The molecule has 6 nitrogen and oxygen atoms in total. The Hall–Kier alpha value is -0.920. The third-order valence-corrected chi connectivity index (χ3v) is 7.11. The first kappa shape index (κ1) is 16.9. The molecule has 1 aromatic rings. The van der Waals surface area contributed by atoms with Gasteiger partial charge in [-0.1, -0.05) is 6.92 Å². The van der Waals surface area contributed by atoms with Crippen LogP contribution < -0.4 is 0 Å². The van der Waals surface area contributed by atoms with Gasteiger partial charge < -0.3 is 4.74 Å². The van der Waals surface area contributed by atoms with Crippen LogP contribution in [0.15, 0.2) is 4.90 Å². The summed E-state index contributed by atoms with van der Waals surface area (Å²) in [7, 11) is -3.45. The highest BCUT2D eigenvalue weighted by molar-refractivity contribution is 7.89. The lowest BCUT2D eigenvalue weighted by molar-refractivity contribution is 0.0992. The Balaban J connectivity index is 1.81. The largest absolute Gasteiger partial charge is 0.378 e. The number of ether oxygens (including phenoxy) is 1. The van der Waals surface area contributed by atoms with Crippen LogP contribution in [0.2, 0.25) is 0 Å². The van der Waals surface area contributed by atoms with E-state index in [2.05, 4.69) is 5.10 Å². The summed E-state index contributed by atoms with van der Waals surface area (Å²) in [6.45, 7) is 7.64. The lowest BCUT2D eigenvalue weighted by Crippen LogP contribution is -2.33. The van der Waals surface area contributed by atoms with Crippen molar-refractivity contribution in [1.29, 1.82) is 0 Å². The summed E-state index contributed by atoms with van der Waals surface area (Å²) in [5.41, 5.74) is 1.36. The van der Waals surface area contributed by atoms with Crippen molar-refractivity contribution in [2.45, 2.75) is 76.5 Å². The van der Waals surface area contributed by atoms with Crippen molar-refractivity contribution in [3.8, 4) is 0 Å². The molecule has 1 aliphatic carbocycles. The minimum atomic E-state index is -3.45. The lowest BCUT2D eigenvalue weighted by Gasteiger charge is -2.20. The van der Waals surface area contributed by atoms with Gasteiger partial charge in [-0.2, -0.15) is 9.40 Å². The van der Waals surface area contributed by atoms with Crippen molar-refractivity contribution in [2.24, 2.45) is 0 Å². The van der Waals surface area contributed by atoms with Crippen LogP contribution in [-0.4, -0.2) is 47.8 Å². The molecule has 7 heteroatoms. The molecule has 2 heterocycles. The maximum Gasteiger partial charge on any atom is 0.246 e. The summed E-state index contributed by atoms with van der Waals surface area (Å²) in [4.78, 5) is 0.401. The van der Waals surface area contributed by atoms with Crippen LogP contribution in [0.4, 0.5) is 0 Å². The quantitative estimate of drug-likeness (QED) is 0.763. The number of aromatic nitrogens is 2. The Morgan fingerprint density at radius 1 is 1.30 bits per heavy atom. The molecular weight excluding hydrogens is 314 g/mol. The molecule has 130 valence electrons. The van der Waals surface area contributed by atoms with Crippen LogP contribution in [0.25, 0.3) is 0 Å². The van der Waals surface area contributed by atoms with Gasteiger partial charge in [-0.05, 0) is 46.0 Å². The fourth-order valence-corrected chi connectivity index (χ4v) is 5.58. The highest BCUT2D eigenvalue weighted by Gasteiger charge is 2.39. The van der Waals surface area contributed by atoms with Crippen molar-refractivity contribution >= 4 is 10.0 Å². The second kappa shape index (κ2) is 6.53. The van der Waals surface area contributed by atoms with E-state index in [1.165, 1.54) is 0 Å². The number of aryl methyl sites for hydroxylation is 2. The lowest BCUT2D eigenvalue weighted by atomic mass is 10.2. The summed E-state index contributed by atoms with van der Waals surface area (Å²) >= 11 is 0. The Morgan fingerprint density at radius 3 is 2.61 bits per heavy atom. The van der Waals surface area contributed by atoms with E-state index >= 15 is 0 Å². The van der Waals surface area contributed by atoms with Gasteiger partial charge in [0, 0.05) is 25.7 Å². The predicted molar refractivity (Wildman–Crippen MR) is 87.9 cm³/mol. The molecule has 23 heavy (non-hydrogen) atoms. The minimum absolute atomic E-state index is 0.180. The molecule has 2 fully saturated rings. The summed E-state index contributed by atoms with van der Waals surface area (Å²) in [5.74, 6) is 0. The van der Waals surface area contributed by atoms with E-state index in [1.54, 1.807) is 11.2 Å². The monoisotopic (exact) mass is 341 g/mol. The Morgan fingerprint density at radius 2 is 2.04 bits per heavy atom. The molecule has 1 aromatic heterocycles. The van der Waals surface area contributed by atoms with E-state index in [9.17, 15) is 8.42 Å². The van der Waals surface area contributed by atoms with Gasteiger partial charge in [-0.3, -0.25) is 4.68 Å². The number of rotatable bonds is 7. The van der Waals surface area contributed by atoms with Crippen molar-refractivity contribution in [2.75, 3.05) is 13.2 Å². The molecule has 2 aliphatic rings. The highest BCUT2D eigenvalue weighted by atomic mass is 32.2. The second-order valence-corrected chi connectivity index (χ2v) is 8.41. The topological polar surface area (TPSA) is 64.4 Å². The zero-order valence-corrected chi connectivity index (χ0v) is 15.1. The molecule has 0 unspecified atom stereocenters. The minimum Gasteiger partial charge on any atom is -0.378 e. The molecule has 0 radical (unpaired) electrons. The van der Waals surface area contributed by atoms with Gasteiger partial charge in [0.1, 0.15) is 4.90 Å². The first-order chi connectivity index (χ1) is 10.9. The average molecular weight is 341 g/mol. The smallest absolute Gasteiger partial charge is 0.246 e. The highest BCUT2D eigenvalue weighted by Crippen LogP contribution is 2.33. The number of hydrogen-bond acceptors (Lipinski definition) is 4. The summed E-state index contributed by atoms with van der Waals surface area (Å²) in [6, 6.07) is 0.180. The third-order valence-electron chi connectivity index (χ3n) is 4.83. The fraction of sp³-hybridized carbons (Fsp3) is 0.812. The molecule has 0 spiro atoms. The van der Waals surface area contributed by atoms with E-state index in [-0.39, 0.29) is 12.1 Å². The van der Waals surface area contributed by atoms with E-state index in [0.717, 1.165) is 44.4 Å². The molecule has 0 amide bonds. The van der Waals surface area contributed by atoms with Crippen molar-refractivity contribution in [3.63, 3.8) is 0 Å². The van der Waals surface area contributed by atoms with Crippen LogP contribution >= 0.6 is 0 Å². The first-order valence-corrected chi connectivity index (χ1v) is 10.1. The van der Waals surface area contributed by atoms with Gasteiger partial charge in [0.2, 0.25) is 10.0 Å². The maximum absolute atomic E-state index is 13.0.